The largest absolute Gasteiger partial charge is 0.508 e. The lowest BCUT2D eigenvalue weighted by Gasteiger charge is -2.02. The van der Waals surface area contributed by atoms with E-state index in [0.29, 0.717) is 5.75 Å². The van der Waals surface area contributed by atoms with Crippen molar-refractivity contribution in [1.82, 2.24) is 0 Å². The highest BCUT2D eigenvalue weighted by Crippen LogP contribution is 2.12. The third-order valence-corrected chi connectivity index (χ3v) is 2.68. The molecule has 1 N–H and O–H groups in total. The predicted molar refractivity (Wildman–Crippen MR) is 67.7 cm³/mol. The number of aromatic nitrogens is 1. The number of benzene rings is 1. The molecular weight excluding hydrogens is 210 g/mol. The Bertz CT molecular complexity index is 503. The standard InChI is InChI=1S/C15H15NO/c1-2-10-16-11-4-3-5-14(16)12-13-6-8-15(17)9-7-13/h2-9,11H,1,10,12H2/p+1. The second-order valence-corrected chi connectivity index (χ2v) is 3.98. The van der Waals surface area contributed by atoms with E-state index in [2.05, 4.69) is 23.4 Å². The van der Waals surface area contributed by atoms with Gasteiger partial charge in [-0.15, -0.1) is 0 Å². The molecule has 0 unspecified atom stereocenters. The Labute approximate surface area is 101 Å². The third-order valence-electron chi connectivity index (χ3n) is 2.68. The van der Waals surface area contributed by atoms with Gasteiger partial charge in [-0.1, -0.05) is 24.8 Å². The number of hydrogen-bond donors (Lipinski definition) is 1. The molecule has 0 amide bonds. The molecule has 1 heterocycles. The van der Waals surface area contributed by atoms with Gasteiger partial charge in [-0.05, 0) is 23.8 Å². The van der Waals surface area contributed by atoms with Crippen LogP contribution in [0.25, 0.3) is 0 Å². The Kier molecular flexibility index (Phi) is 3.55. The van der Waals surface area contributed by atoms with E-state index in [4.69, 9.17) is 0 Å². The Morgan fingerprint density at radius 3 is 2.59 bits per heavy atom. The minimum Gasteiger partial charge on any atom is -0.508 e. The molecule has 2 rings (SSSR count). The first-order valence-electron chi connectivity index (χ1n) is 5.66. The van der Waals surface area contributed by atoms with Gasteiger partial charge in [0.1, 0.15) is 5.75 Å². The number of phenolic OH excluding ortho intramolecular Hbond substituents is 1. The normalized spacial score (nSPS) is 10.1. The molecule has 1 aromatic carbocycles. The van der Waals surface area contributed by atoms with Crippen LogP contribution in [0.4, 0.5) is 0 Å². The summed E-state index contributed by atoms with van der Waals surface area (Å²) in [7, 11) is 0. The quantitative estimate of drug-likeness (QED) is 0.628. The Morgan fingerprint density at radius 2 is 1.88 bits per heavy atom. The summed E-state index contributed by atoms with van der Waals surface area (Å²) in [4.78, 5) is 0. The molecule has 0 radical (unpaired) electrons. The molecule has 0 spiro atoms. The molecule has 2 nitrogen and oxygen atoms in total. The predicted octanol–water partition coefficient (Wildman–Crippen LogP) is 2.46. The smallest absolute Gasteiger partial charge is 0.186 e. The van der Waals surface area contributed by atoms with Crippen LogP contribution in [-0.4, -0.2) is 5.11 Å². The van der Waals surface area contributed by atoms with Crippen LogP contribution in [0.15, 0.2) is 61.3 Å². The maximum atomic E-state index is 9.24. The van der Waals surface area contributed by atoms with Gasteiger partial charge in [-0.3, -0.25) is 0 Å². The van der Waals surface area contributed by atoms with E-state index in [1.165, 1.54) is 11.3 Å². The van der Waals surface area contributed by atoms with E-state index in [-0.39, 0.29) is 0 Å². The minimum absolute atomic E-state index is 0.306. The number of phenols is 1. The fraction of sp³-hybridized carbons (Fsp3) is 0.133. The van der Waals surface area contributed by atoms with Gasteiger partial charge in [-0.25, -0.2) is 0 Å². The maximum Gasteiger partial charge on any atom is 0.186 e. The second kappa shape index (κ2) is 5.30. The molecule has 0 atom stereocenters. The Hall–Kier alpha value is -2.09. The van der Waals surface area contributed by atoms with Crippen LogP contribution in [0.1, 0.15) is 11.3 Å². The number of hydrogen-bond acceptors (Lipinski definition) is 1. The topological polar surface area (TPSA) is 24.1 Å². The van der Waals surface area contributed by atoms with Gasteiger partial charge in [0.05, 0.1) is 6.42 Å². The van der Waals surface area contributed by atoms with Gasteiger partial charge in [-0.2, -0.15) is 4.57 Å². The van der Waals surface area contributed by atoms with Crippen LogP contribution in [0, 0.1) is 0 Å². The van der Waals surface area contributed by atoms with Crippen molar-refractivity contribution in [3.63, 3.8) is 0 Å². The van der Waals surface area contributed by atoms with Gasteiger partial charge < -0.3 is 5.11 Å². The first-order valence-corrected chi connectivity index (χ1v) is 5.66. The molecule has 2 heteroatoms. The van der Waals surface area contributed by atoms with E-state index in [1.807, 2.05) is 30.3 Å². The first kappa shape index (κ1) is 11.4. The van der Waals surface area contributed by atoms with Crippen LogP contribution in [-0.2, 0) is 13.0 Å². The molecule has 86 valence electrons. The monoisotopic (exact) mass is 226 g/mol. The van der Waals surface area contributed by atoms with Gasteiger partial charge in [0.25, 0.3) is 0 Å². The second-order valence-electron chi connectivity index (χ2n) is 3.98. The number of aromatic hydroxyl groups is 1. The summed E-state index contributed by atoms with van der Waals surface area (Å²) < 4.78 is 2.17. The molecule has 0 saturated heterocycles. The van der Waals surface area contributed by atoms with Crippen LogP contribution in [0.2, 0.25) is 0 Å². The van der Waals surface area contributed by atoms with Crippen molar-refractivity contribution in [3.05, 3.63) is 72.6 Å². The molecule has 0 saturated carbocycles. The lowest BCUT2D eigenvalue weighted by atomic mass is 10.1. The molecular formula is C15H16NO+. The summed E-state index contributed by atoms with van der Waals surface area (Å²) >= 11 is 0. The molecule has 0 aliphatic rings. The molecule has 0 fully saturated rings. The van der Waals surface area contributed by atoms with Crippen molar-refractivity contribution in [1.29, 1.82) is 0 Å². The minimum atomic E-state index is 0.306. The van der Waals surface area contributed by atoms with Gasteiger partial charge in [0.2, 0.25) is 0 Å². The first-order chi connectivity index (χ1) is 8.29. The molecule has 0 aliphatic heterocycles. The van der Waals surface area contributed by atoms with Gasteiger partial charge >= 0.3 is 0 Å². The molecule has 0 bridgehead atoms. The number of nitrogens with zero attached hydrogens (tertiary/aromatic N) is 1. The average molecular weight is 226 g/mol. The van der Waals surface area contributed by atoms with Crippen molar-refractivity contribution in [3.8, 4) is 5.75 Å². The summed E-state index contributed by atoms with van der Waals surface area (Å²) in [6.45, 7) is 4.58. The van der Waals surface area contributed by atoms with E-state index in [0.717, 1.165) is 13.0 Å². The molecule has 2 aromatic rings. The summed E-state index contributed by atoms with van der Waals surface area (Å²) in [5.41, 5.74) is 2.42. The van der Waals surface area contributed by atoms with Crippen molar-refractivity contribution in [2.75, 3.05) is 0 Å². The number of rotatable bonds is 4. The fourth-order valence-electron chi connectivity index (χ4n) is 1.81. The summed E-state index contributed by atoms with van der Waals surface area (Å²) in [6.07, 6.45) is 4.80. The molecule has 17 heavy (non-hydrogen) atoms. The zero-order valence-corrected chi connectivity index (χ0v) is 9.71. The van der Waals surface area contributed by atoms with Gasteiger partial charge in [0, 0.05) is 12.1 Å². The van der Waals surface area contributed by atoms with Crippen molar-refractivity contribution in [2.24, 2.45) is 0 Å². The summed E-state index contributed by atoms with van der Waals surface area (Å²) in [6, 6.07) is 13.5. The summed E-state index contributed by atoms with van der Waals surface area (Å²) in [5, 5.41) is 9.24. The van der Waals surface area contributed by atoms with E-state index < -0.39 is 0 Å². The van der Waals surface area contributed by atoms with Crippen LogP contribution < -0.4 is 4.57 Å². The summed E-state index contributed by atoms with van der Waals surface area (Å²) in [5.74, 6) is 0.306. The lowest BCUT2D eigenvalue weighted by molar-refractivity contribution is -0.694. The zero-order valence-electron chi connectivity index (χ0n) is 9.71. The molecule has 1 aromatic heterocycles. The van der Waals surface area contributed by atoms with Crippen LogP contribution in [0.3, 0.4) is 0 Å². The van der Waals surface area contributed by atoms with Crippen molar-refractivity contribution >= 4 is 0 Å². The van der Waals surface area contributed by atoms with E-state index >= 15 is 0 Å². The third kappa shape index (κ3) is 2.94. The number of allylic oxidation sites excluding steroid dienone is 1. The Morgan fingerprint density at radius 1 is 1.12 bits per heavy atom. The number of pyridine rings is 1. The molecule has 0 aliphatic carbocycles. The van der Waals surface area contributed by atoms with Crippen molar-refractivity contribution in [2.45, 2.75) is 13.0 Å². The average Bonchev–Trinajstić information content (AvgIpc) is 2.35. The lowest BCUT2D eigenvalue weighted by Crippen LogP contribution is -2.37. The SMILES string of the molecule is C=CC[n+]1ccccc1Cc1ccc(O)cc1. The highest BCUT2D eigenvalue weighted by atomic mass is 16.3. The van der Waals surface area contributed by atoms with Crippen LogP contribution >= 0.6 is 0 Å². The highest BCUT2D eigenvalue weighted by Gasteiger charge is 2.08. The maximum absolute atomic E-state index is 9.24. The van der Waals surface area contributed by atoms with Crippen LogP contribution in [0.5, 0.6) is 5.75 Å². The fourth-order valence-corrected chi connectivity index (χ4v) is 1.81. The van der Waals surface area contributed by atoms with E-state index in [1.54, 1.807) is 12.1 Å². The Balaban J connectivity index is 2.23. The van der Waals surface area contributed by atoms with Gasteiger partial charge in [0.15, 0.2) is 18.4 Å². The zero-order chi connectivity index (χ0) is 12.1. The van der Waals surface area contributed by atoms with E-state index in [9.17, 15) is 5.11 Å². The highest BCUT2D eigenvalue weighted by molar-refractivity contribution is 5.27. The van der Waals surface area contributed by atoms with Crippen molar-refractivity contribution < 1.29 is 9.67 Å².